The Morgan fingerprint density at radius 1 is 1.44 bits per heavy atom. The van der Waals surface area contributed by atoms with Gasteiger partial charge in [0, 0.05) is 34.9 Å². The van der Waals surface area contributed by atoms with Gasteiger partial charge in [-0.05, 0) is 18.6 Å². The van der Waals surface area contributed by atoms with Crippen LogP contribution in [0, 0.1) is 0 Å². The van der Waals surface area contributed by atoms with E-state index in [1.165, 1.54) is 0 Å². The van der Waals surface area contributed by atoms with Gasteiger partial charge in [0.2, 0.25) is 0 Å². The van der Waals surface area contributed by atoms with E-state index < -0.39 is 20.6 Å². The van der Waals surface area contributed by atoms with Gasteiger partial charge in [-0.3, -0.25) is 4.21 Å². The molecular weight excluding hydrogens is 270 g/mol. The lowest BCUT2D eigenvalue weighted by Gasteiger charge is -2.18. The molecule has 0 fully saturated rings. The van der Waals surface area contributed by atoms with Crippen LogP contribution in [0.4, 0.5) is 0 Å². The molecule has 0 saturated heterocycles. The van der Waals surface area contributed by atoms with E-state index in [1.807, 2.05) is 19.1 Å². The Hall–Kier alpha value is -0.720. The van der Waals surface area contributed by atoms with Gasteiger partial charge in [-0.15, -0.1) is 0 Å². The van der Waals surface area contributed by atoms with E-state index in [2.05, 4.69) is 5.32 Å². The van der Waals surface area contributed by atoms with Crippen molar-refractivity contribution in [2.75, 3.05) is 17.8 Å². The van der Waals surface area contributed by atoms with Crippen molar-refractivity contribution in [1.82, 2.24) is 5.32 Å². The third kappa shape index (κ3) is 2.81. The third-order valence-electron chi connectivity index (χ3n) is 2.99. The first-order valence-electron chi connectivity index (χ1n) is 5.78. The number of hydrogen-bond donors (Lipinski definition) is 1. The molecule has 1 aromatic carbocycles. The molecule has 1 aromatic rings. The van der Waals surface area contributed by atoms with Crippen molar-refractivity contribution in [1.29, 1.82) is 0 Å². The van der Waals surface area contributed by atoms with E-state index in [9.17, 15) is 12.6 Å². The maximum atomic E-state index is 12.0. The number of nitrogens with one attached hydrogen (secondary N) is 1. The Bertz CT molecular complexity index is 568. The Morgan fingerprint density at radius 2 is 2.11 bits per heavy atom. The number of benzene rings is 1. The molecule has 1 aliphatic rings. The summed E-state index contributed by atoms with van der Waals surface area (Å²) in [6.07, 6.45) is 1.65. The monoisotopic (exact) mass is 287 g/mol. The highest BCUT2D eigenvalue weighted by Gasteiger charge is 2.34. The molecule has 0 amide bonds. The molecule has 3 unspecified atom stereocenters. The van der Waals surface area contributed by atoms with Crippen LogP contribution < -0.4 is 5.32 Å². The Labute approximate surface area is 110 Å². The maximum absolute atomic E-state index is 12.0. The minimum atomic E-state index is -3.17. The van der Waals surface area contributed by atoms with Gasteiger partial charge in [0.15, 0.2) is 9.84 Å². The first-order valence-corrected chi connectivity index (χ1v) is 9.16. The average molecular weight is 287 g/mol. The van der Waals surface area contributed by atoms with Gasteiger partial charge in [0.05, 0.1) is 10.6 Å². The highest BCUT2D eigenvalue weighted by molar-refractivity contribution is 7.91. The smallest absolute Gasteiger partial charge is 0.180 e. The van der Waals surface area contributed by atoms with Crippen LogP contribution in [0.2, 0.25) is 0 Å². The van der Waals surface area contributed by atoms with E-state index >= 15 is 0 Å². The van der Waals surface area contributed by atoms with Crippen LogP contribution in [-0.4, -0.2) is 36.4 Å². The van der Waals surface area contributed by atoms with Crippen molar-refractivity contribution in [2.45, 2.75) is 23.9 Å². The predicted molar refractivity (Wildman–Crippen MR) is 72.8 cm³/mol. The molecule has 18 heavy (non-hydrogen) atoms. The molecule has 0 aromatic heterocycles. The molecule has 6 heteroatoms. The van der Waals surface area contributed by atoms with Gasteiger partial charge in [-0.2, -0.15) is 0 Å². The summed E-state index contributed by atoms with van der Waals surface area (Å²) in [4.78, 5) is 0.423. The lowest BCUT2D eigenvalue weighted by molar-refractivity contribution is 0.510. The summed E-state index contributed by atoms with van der Waals surface area (Å²) in [5, 5.41) is 3.25. The largest absolute Gasteiger partial charge is 0.306 e. The number of rotatable bonds is 4. The van der Waals surface area contributed by atoms with Crippen molar-refractivity contribution < 1.29 is 12.6 Å². The zero-order chi connectivity index (χ0) is 13.3. The van der Waals surface area contributed by atoms with Gasteiger partial charge in [0.1, 0.15) is 0 Å². The molecule has 0 aliphatic carbocycles. The first-order chi connectivity index (χ1) is 8.40. The SMILES string of the molecule is CC(CS(C)=O)NC1CS(=O)(=O)c2ccccc21. The van der Waals surface area contributed by atoms with Crippen LogP contribution in [0.5, 0.6) is 0 Å². The summed E-state index contributed by atoms with van der Waals surface area (Å²) in [7, 11) is -4.05. The van der Waals surface area contributed by atoms with Gasteiger partial charge in [-0.25, -0.2) is 8.42 Å². The topological polar surface area (TPSA) is 63.2 Å². The van der Waals surface area contributed by atoms with E-state index in [0.717, 1.165) is 5.56 Å². The van der Waals surface area contributed by atoms with Gasteiger partial charge < -0.3 is 5.32 Å². The third-order valence-corrected chi connectivity index (χ3v) is 5.77. The van der Waals surface area contributed by atoms with Crippen molar-refractivity contribution >= 4 is 20.6 Å². The van der Waals surface area contributed by atoms with Crippen molar-refractivity contribution in [2.24, 2.45) is 0 Å². The number of fused-ring (bicyclic) bond motifs is 1. The normalized spacial score (nSPS) is 24.4. The fourth-order valence-electron chi connectivity index (χ4n) is 2.33. The van der Waals surface area contributed by atoms with E-state index in [4.69, 9.17) is 0 Å². The van der Waals surface area contributed by atoms with Crippen LogP contribution >= 0.6 is 0 Å². The summed E-state index contributed by atoms with van der Waals surface area (Å²) in [5.74, 6) is 0.617. The van der Waals surface area contributed by atoms with Crippen molar-refractivity contribution in [3.8, 4) is 0 Å². The lowest BCUT2D eigenvalue weighted by Crippen LogP contribution is -2.35. The highest BCUT2D eigenvalue weighted by Crippen LogP contribution is 2.33. The summed E-state index contributed by atoms with van der Waals surface area (Å²) in [5.41, 5.74) is 0.825. The molecule has 0 bridgehead atoms. The molecule has 0 radical (unpaired) electrons. The zero-order valence-corrected chi connectivity index (χ0v) is 12.1. The van der Waals surface area contributed by atoms with Crippen molar-refractivity contribution in [3.05, 3.63) is 29.8 Å². The molecule has 2 rings (SSSR count). The van der Waals surface area contributed by atoms with Crippen LogP contribution in [0.1, 0.15) is 18.5 Å². The molecule has 4 nitrogen and oxygen atoms in total. The van der Waals surface area contributed by atoms with Gasteiger partial charge >= 0.3 is 0 Å². The molecule has 100 valence electrons. The summed E-state index contributed by atoms with van der Waals surface area (Å²) in [6, 6.07) is 6.91. The number of sulfone groups is 1. The minimum Gasteiger partial charge on any atom is -0.306 e. The number of hydrogen-bond acceptors (Lipinski definition) is 4. The van der Waals surface area contributed by atoms with Crippen LogP contribution in [-0.2, 0) is 20.6 Å². The quantitative estimate of drug-likeness (QED) is 0.892. The summed E-state index contributed by atoms with van der Waals surface area (Å²) < 4.78 is 35.1. The predicted octanol–water partition coefficient (Wildman–Crippen LogP) is 0.872. The Morgan fingerprint density at radius 3 is 2.78 bits per heavy atom. The fraction of sp³-hybridized carbons (Fsp3) is 0.500. The summed E-state index contributed by atoms with van der Waals surface area (Å²) in [6.45, 7) is 1.93. The second-order valence-electron chi connectivity index (χ2n) is 4.68. The molecule has 0 spiro atoms. The molecule has 1 N–H and O–H groups in total. The maximum Gasteiger partial charge on any atom is 0.180 e. The first kappa shape index (κ1) is 13.7. The van der Waals surface area contributed by atoms with E-state index in [-0.39, 0.29) is 17.8 Å². The van der Waals surface area contributed by atoms with E-state index in [0.29, 0.717) is 10.6 Å². The van der Waals surface area contributed by atoms with Crippen molar-refractivity contribution in [3.63, 3.8) is 0 Å². The van der Waals surface area contributed by atoms with Gasteiger partial charge in [-0.1, -0.05) is 18.2 Å². The zero-order valence-electron chi connectivity index (χ0n) is 10.4. The molecular formula is C12H17NO3S2. The van der Waals surface area contributed by atoms with Crippen LogP contribution in [0.25, 0.3) is 0 Å². The highest BCUT2D eigenvalue weighted by atomic mass is 32.2. The van der Waals surface area contributed by atoms with Crippen LogP contribution in [0.3, 0.4) is 0 Å². The Balaban J connectivity index is 2.21. The minimum absolute atomic E-state index is 0.0298. The standard InChI is InChI=1S/C12H17NO3S2/c1-9(7-17(2)14)13-11-8-18(15,16)12-6-4-3-5-10(11)12/h3-6,9,11,13H,7-8H2,1-2H3. The second-order valence-corrected chi connectivity index (χ2v) is 8.16. The summed E-state index contributed by atoms with van der Waals surface area (Å²) >= 11 is 0. The van der Waals surface area contributed by atoms with E-state index in [1.54, 1.807) is 18.4 Å². The molecule has 0 saturated carbocycles. The van der Waals surface area contributed by atoms with Gasteiger partial charge in [0.25, 0.3) is 0 Å². The Kier molecular flexibility index (Phi) is 3.89. The molecule has 1 heterocycles. The molecule has 3 atom stereocenters. The molecule has 1 aliphatic heterocycles. The second kappa shape index (κ2) is 5.11. The average Bonchev–Trinajstić information content (AvgIpc) is 2.50. The fourth-order valence-corrected chi connectivity index (χ4v) is 4.88. The lowest BCUT2D eigenvalue weighted by atomic mass is 10.1. The van der Waals surface area contributed by atoms with Crippen LogP contribution in [0.15, 0.2) is 29.2 Å².